The smallest absolute Gasteiger partial charge is 0.302 e. The number of fused-ring (bicyclic) bond motifs is 1. The molecule has 0 radical (unpaired) electrons. The van der Waals surface area contributed by atoms with Gasteiger partial charge in [-0.15, -0.1) is 0 Å². The molecule has 3 aromatic rings. The fourth-order valence-electron chi connectivity index (χ4n) is 3.83. The van der Waals surface area contributed by atoms with Gasteiger partial charge in [0.1, 0.15) is 11.1 Å². The zero-order valence-corrected chi connectivity index (χ0v) is 21.9. The van der Waals surface area contributed by atoms with Crippen LogP contribution in [0.1, 0.15) is 19.3 Å². The molecule has 5 rings (SSSR count). The number of nitrogens with one attached hydrogen (secondary N) is 1. The number of rotatable bonds is 6. The van der Waals surface area contributed by atoms with Gasteiger partial charge in [-0.25, -0.2) is 8.42 Å². The van der Waals surface area contributed by atoms with Crippen LogP contribution >= 0.6 is 0 Å². The number of anilines is 1. The first-order chi connectivity index (χ1) is 14.8. The zero-order chi connectivity index (χ0) is 21.8. The number of oxazole rings is 1. The molecule has 1 saturated heterocycles. The number of nitriles is 1. The van der Waals surface area contributed by atoms with Crippen molar-refractivity contribution < 1.29 is 38.7 Å². The topological polar surface area (TPSA) is 134 Å². The Morgan fingerprint density at radius 3 is 2.73 bits per heavy atom. The van der Waals surface area contributed by atoms with Crippen molar-refractivity contribution in [2.24, 2.45) is 5.92 Å². The summed E-state index contributed by atoms with van der Waals surface area (Å²) in [7, 11) is -3.32. The van der Waals surface area contributed by atoms with Crippen LogP contribution in [0.4, 0.5) is 6.01 Å². The molecule has 3 heterocycles. The number of hydrogen-bond acceptors (Lipinski definition) is 7. The van der Waals surface area contributed by atoms with Gasteiger partial charge in [0.25, 0.3) is 0 Å². The number of carbonyl (C=O) groups is 1. The van der Waals surface area contributed by atoms with Gasteiger partial charge in [0.05, 0.1) is 24.9 Å². The molecule has 1 saturated carbocycles. The summed E-state index contributed by atoms with van der Waals surface area (Å²) in [5.41, 5.74) is 1.92. The van der Waals surface area contributed by atoms with E-state index < -0.39 is 15.6 Å². The third-order valence-electron chi connectivity index (χ3n) is 5.79. The Hall–Kier alpha value is -2.54. The molecular weight excluding hydrogens is 616 g/mol. The van der Waals surface area contributed by atoms with Crippen LogP contribution in [-0.2, 0) is 41.4 Å². The molecule has 2 fully saturated rings. The number of benzene rings is 1. The van der Waals surface area contributed by atoms with Crippen molar-refractivity contribution in [1.82, 2.24) is 19.1 Å². The third-order valence-corrected chi connectivity index (χ3v) is 6.99. The maximum atomic E-state index is 12.0. The molecule has 1 aliphatic heterocycles. The van der Waals surface area contributed by atoms with E-state index in [9.17, 15) is 18.5 Å². The monoisotopic (exact) mass is 639 g/mol. The molecule has 0 spiro atoms. The first kappa shape index (κ1) is 25.1. The molecule has 0 bridgehead atoms. The van der Waals surface area contributed by atoms with Gasteiger partial charge in [0, 0.05) is 57.4 Å². The molecule has 33 heavy (non-hydrogen) atoms. The normalized spacial score (nSPS) is 17.3. The Kier molecular flexibility index (Phi) is 6.85. The van der Waals surface area contributed by atoms with E-state index in [1.54, 1.807) is 23.1 Å². The van der Waals surface area contributed by atoms with Gasteiger partial charge in [-0.05, 0) is 18.9 Å². The summed E-state index contributed by atoms with van der Waals surface area (Å²) in [5, 5.41) is 16.4. The fraction of sp³-hybridized carbons (Fsp3) is 0.381. The van der Waals surface area contributed by atoms with Gasteiger partial charge in [0.15, 0.2) is 5.58 Å². The van der Waals surface area contributed by atoms with Crippen molar-refractivity contribution in [3.63, 3.8) is 0 Å². The molecule has 1 aliphatic carbocycles. The van der Waals surface area contributed by atoms with Crippen LogP contribution in [0.3, 0.4) is 0 Å². The first-order valence-electron chi connectivity index (χ1n) is 9.87. The summed E-state index contributed by atoms with van der Waals surface area (Å²) in [6.07, 6.45) is 6.51. The van der Waals surface area contributed by atoms with E-state index in [-0.39, 0.29) is 65.8 Å². The summed E-state index contributed by atoms with van der Waals surface area (Å²) < 4.78 is 32.4. The second-order valence-corrected chi connectivity index (χ2v) is 10.2. The van der Waals surface area contributed by atoms with Gasteiger partial charge >= 0.3 is 6.01 Å². The average molecular weight is 639 g/mol. The van der Waals surface area contributed by atoms with Crippen LogP contribution in [-0.4, -0.2) is 52.7 Å². The fourth-order valence-corrected chi connectivity index (χ4v) is 4.78. The van der Waals surface area contributed by atoms with Crippen molar-refractivity contribution >= 4 is 33.0 Å². The summed E-state index contributed by atoms with van der Waals surface area (Å²) >= 11 is 0. The molecule has 0 unspecified atom stereocenters. The average Bonchev–Trinajstić information content (AvgIpc) is 3.28. The zero-order valence-electron chi connectivity index (χ0n) is 18.2. The largest absolute Gasteiger partial charge is 0.423 e. The number of aromatic nitrogens is 3. The summed E-state index contributed by atoms with van der Waals surface area (Å²) in [6, 6.07) is 7.81. The van der Waals surface area contributed by atoms with E-state index in [2.05, 4.69) is 21.5 Å². The van der Waals surface area contributed by atoms with Crippen molar-refractivity contribution in [3.8, 4) is 17.2 Å². The van der Waals surface area contributed by atoms with E-state index >= 15 is 0 Å². The predicted molar refractivity (Wildman–Crippen MR) is 118 cm³/mol. The Balaban J connectivity index is 0.00000153. The quantitative estimate of drug-likeness (QED) is 0.410. The second-order valence-electron chi connectivity index (χ2n) is 8.20. The Morgan fingerprint density at radius 2 is 2.09 bits per heavy atom. The minimum atomic E-state index is -3.32. The Morgan fingerprint density at radius 1 is 1.36 bits per heavy atom. The SMILES string of the molecule is CS(=O)(=O)N1CC(CC#N)(n2cc(-c3cccc4nc(NC(=O)C5CC5)oc34)cn2)C1.[CH3-].[W]. The number of amides is 1. The molecule has 1 amide bonds. The van der Waals surface area contributed by atoms with Crippen LogP contribution < -0.4 is 5.32 Å². The number of carbonyl (C=O) groups excluding carboxylic acids is 1. The van der Waals surface area contributed by atoms with Gasteiger partial charge < -0.3 is 11.8 Å². The number of hydrogen-bond donors (Lipinski definition) is 1. The summed E-state index contributed by atoms with van der Waals surface area (Å²) in [5.74, 6) is -0.0437. The minimum Gasteiger partial charge on any atom is -0.423 e. The van der Waals surface area contributed by atoms with E-state index in [4.69, 9.17) is 4.42 Å². The molecule has 10 nitrogen and oxygen atoms in total. The molecule has 174 valence electrons. The molecule has 1 N–H and O–H groups in total. The molecule has 0 atom stereocenters. The van der Waals surface area contributed by atoms with Crippen LogP contribution in [0, 0.1) is 24.7 Å². The molecule has 1 aromatic carbocycles. The van der Waals surface area contributed by atoms with E-state index in [0.29, 0.717) is 11.1 Å². The van der Waals surface area contributed by atoms with E-state index in [1.807, 2.05) is 12.1 Å². The predicted octanol–water partition coefficient (Wildman–Crippen LogP) is 2.37. The Labute approximate surface area is 206 Å². The second kappa shape index (κ2) is 9.01. The van der Waals surface area contributed by atoms with Gasteiger partial charge in [-0.3, -0.25) is 14.8 Å². The van der Waals surface area contributed by atoms with E-state index in [1.165, 1.54) is 4.31 Å². The molecule has 12 heteroatoms. The van der Waals surface area contributed by atoms with E-state index in [0.717, 1.165) is 30.2 Å². The first-order valence-corrected chi connectivity index (χ1v) is 11.7. The Bertz CT molecular complexity index is 1330. The van der Waals surface area contributed by atoms with Crippen molar-refractivity contribution in [1.29, 1.82) is 5.26 Å². The molecule has 2 aliphatic rings. The third kappa shape index (κ3) is 4.60. The van der Waals surface area contributed by atoms with Gasteiger partial charge in [0.2, 0.25) is 15.9 Å². The standard InChI is InChI=1S/C20H20N6O4S.CH3.W/c1-31(28,29)25-11-20(12-25,7-8-21)26-10-14(9-22-26)15-3-2-4-16-17(15)30-19(23-16)24-18(27)13-5-6-13;;/h2-4,9-10,13H,5-7,11-12H2,1H3,(H,23,24,27);1H3;/q;-1;. The van der Waals surface area contributed by atoms with Crippen LogP contribution in [0.5, 0.6) is 0 Å². The van der Waals surface area contributed by atoms with Crippen molar-refractivity contribution in [3.05, 3.63) is 38.0 Å². The number of sulfonamides is 1. The number of para-hydroxylation sites is 1. The van der Waals surface area contributed by atoms with Gasteiger partial charge in [-0.1, -0.05) is 12.1 Å². The molecular formula is C21H23N6O4SW-. The van der Waals surface area contributed by atoms with Crippen molar-refractivity contribution in [2.45, 2.75) is 24.8 Å². The number of nitrogens with zero attached hydrogens (tertiary/aromatic N) is 5. The molecule has 2 aromatic heterocycles. The van der Waals surface area contributed by atoms with Crippen LogP contribution in [0.15, 0.2) is 35.0 Å². The minimum absolute atomic E-state index is 0. The summed E-state index contributed by atoms with van der Waals surface area (Å²) in [6.45, 7) is 0.398. The van der Waals surface area contributed by atoms with Gasteiger partial charge in [-0.2, -0.15) is 19.6 Å². The maximum Gasteiger partial charge on any atom is 0.302 e. The van der Waals surface area contributed by atoms with Crippen LogP contribution in [0.25, 0.3) is 22.2 Å². The van der Waals surface area contributed by atoms with Crippen LogP contribution in [0.2, 0.25) is 0 Å². The summed E-state index contributed by atoms with van der Waals surface area (Å²) in [4.78, 5) is 16.4. The van der Waals surface area contributed by atoms with Crippen molar-refractivity contribution in [2.75, 3.05) is 24.7 Å². The maximum absolute atomic E-state index is 12.0.